The molecule has 11 rings (SSSR count). The highest BCUT2D eigenvalue weighted by Gasteiger charge is 2.47. The molecule has 274 valence electrons. The third-order valence-corrected chi connectivity index (χ3v) is 12.4. The van der Waals surface area contributed by atoms with Crippen molar-refractivity contribution in [2.24, 2.45) is 4.99 Å². The number of benzene rings is 3. The molecule has 0 radical (unpaired) electrons. The van der Waals surface area contributed by atoms with Gasteiger partial charge in [0.25, 0.3) is 0 Å². The zero-order valence-electron chi connectivity index (χ0n) is 31.7. The minimum absolute atomic E-state index is 0.0854. The summed E-state index contributed by atoms with van der Waals surface area (Å²) in [6, 6.07) is 37.5. The van der Waals surface area contributed by atoms with Crippen molar-refractivity contribution in [1.29, 1.82) is 0 Å². The van der Waals surface area contributed by atoms with Gasteiger partial charge in [-0.2, -0.15) is 0 Å². The molecule has 0 saturated heterocycles. The Labute approximate surface area is 333 Å². The Hall–Kier alpha value is -6.92. The average Bonchev–Trinajstić information content (AvgIpc) is 3.75. The molecule has 0 spiro atoms. The topological polar surface area (TPSA) is 59.2 Å². The van der Waals surface area contributed by atoms with E-state index < -0.39 is 0 Å². The Bertz CT molecular complexity index is 2810. The van der Waals surface area contributed by atoms with Gasteiger partial charge in [-0.05, 0) is 119 Å². The summed E-state index contributed by atoms with van der Waals surface area (Å²) in [4.78, 5) is 20.4. The Kier molecular flexibility index (Phi) is 7.85. The van der Waals surface area contributed by atoms with Gasteiger partial charge in [-0.25, -0.2) is 0 Å². The second kappa shape index (κ2) is 13.4. The first-order valence-electron chi connectivity index (χ1n) is 19.8. The molecule has 4 aliphatic rings. The minimum Gasteiger partial charge on any atom is -0.333 e. The number of aliphatic imine (C=N–C) groups is 1. The number of pyridine rings is 3. The maximum atomic E-state index is 4.79. The number of rotatable bonds is 6. The van der Waals surface area contributed by atoms with Crippen LogP contribution in [-0.2, 0) is 18.3 Å². The zero-order chi connectivity index (χ0) is 37.9. The number of anilines is 2. The standard InChI is InChI=1S/C51H40N6/c1-51-31-41(39-8-3-6-37(28-39)35-17-23-53-24-18-35)12-14-50(51)57(49-20-26-55-33-46(49)51)43-10-4-9-42(30-43)56-47-13-11-40(29-44(47)45-32-54-25-19-48(45)56)38-7-2-5-36(27-38)34-15-21-52-22-16-34/h2-18,20-24,26-28,30-33,40,50H,19,25,29H2,1H3. The number of aromatic nitrogens is 4. The van der Waals surface area contributed by atoms with E-state index in [1.807, 2.05) is 31.0 Å². The molecular formula is C51H40N6. The van der Waals surface area contributed by atoms with Crippen molar-refractivity contribution in [2.45, 2.75) is 37.1 Å². The first-order valence-corrected chi connectivity index (χ1v) is 19.8. The lowest BCUT2D eigenvalue weighted by molar-refractivity contribution is 0.551. The maximum absolute atomic E-state index is 4.79. The second-order valence-electron chi connectivity index (χ2n) is 15.7. The van der Waals surface area contributed by atoms with E-state index in [1.165, 1.54) is 78.5 Å². The molecule has 2 aliphatic heterocycles. The minimum atomic E-state index is -0.287. The third-order valence-electron chi connectivity index (χ3n) is 12.4. The van der Waals surface area contributed by atoms with Crippen LogP contribution in [0.3, 0.4) is 0 Å². The van der Waals surface area contributed by atoms with Gasteiger partial charge in [-0.1, -0.05) is 72.8 Å². The van der Waals surface area contributed by atoms with Crippen molar-refractivity contribution in [3.05, 3.63) is 204 Å². The Balaban J connectivity index is 0.955. The summed E-state index contributed by atoms with van der Waals surface area (Å²) in [6.07, 6.45) is 27.3. The van der Waals surface area contributed by atoms with Gasteiger partial charge in [0.15, 0.2) is 0 Å². The lowest BCUT2D eigenvalue weighted by atomic mass is 9.74. The van der Waals surface area contributed by atoms with E-state index in [-0.39, 0.29) is 17.4 Å². The monoisotopic (exact) mass is 736 g/mol. The summed E-state index contributed by atoms with van der Waals surface area (Å²) < 4.78 is 2.51. The zero-order valence-corrected chi connectivity index (χ0v) is 31.7. The summed E-state index contributed by atoms with van der Waals surface area (Å²) in [5.41, 5.74) is 18.3. The molecular weight excluding hydrogens is 697 g/mol. The lowest BCUT2D eigenvalue weighted by Crippen LogP contribution is -2.39. The lowest BCUT2D eigenvalue weighted by Gasteiger charge is -2.36. The summed E-state index contributed by atoms with van der Waals surface area (Å²) in [5, 5.41) is 0. The van der Waals surface area contributed by atoms with Crippen LogP contribution >= 0.6 is 0 Å². The van der Waals surface area contributed by atoms with Gasteiger partial charge in [-0.3, -0.25) is 19.9 Å². The van der Waals surface area contributed by atoms with Crippen LogP contribution < -0.4 is 4.90 Å². The highest BCUT2D eigenvalue weighted by molar-refractivity contribution is 5.89. The first kappa shape index (κ1) is 33.4. The predicted molar refractivity (Wildman–Crippen MR) is 231 cm³/mol. The number of hydrogen-bond donors (Lipinski definition) is 0. The summed E-state index contributed by atoms with van der Waals surface area (Å²) in [5.74, 6) is 0.280. The SMILES string of the molecule is CC12C=C(c3cccc(-c4ccncc4)c3)C=CC1N(c1cccc(-n3c4c(c5c3CCN=C5)CC(c3cccc(-c5ccncc5)c3)C=C4)c1)c1ccncc12. The second-order valence-corrected chi connectivity index (χ2v) is 15.7. The molecule has 6 heterocycles. The first-order chi connectivity index (χ1) is 28.1. The van der Waals surface area contributed by atoms with Crippen molar-refractivity contribution >= 4 is 29.2 Å². The van der Waals surface area contributed by atoms with Gasteiger partial charge in [0, 0.05) is 107 Å². The van der Waals surface area contributed by atoms with Gasteiger partial charge < -0.3 is 9.47 Å². The van der Waals surface area contributed by atoms with E-state index in [9.17, 15) is 0 Å². The van der Waals surface area contributed by atoms with Crippen LogP contribution in [0.4, 0.5) is 11.4 Å². The molecule has 0 fully saturated rings. The fourth-order valence-corrected chi connectivity index (χ4v) is 9.63. The molecule has 0 bridgehead atoms. The molecule has 2 aliphatic carbocycles. The molecule has 3 unspecified atom stereocenters. The van der Waals surface area contributed by atoms with E-state index in [0.717, 1.165) is 24.9 Å². The molecule has 0 saturated carbocycles. The van der Waals surface area contributed by atoms with Gasteiger partial charge in [-0.15, -0.1) is 0 Å². The fraction of sp³-hybridized carbons (Fsp3) is 0.137. The van der Waals surface area contributed by atoms with Crippen molar-refractivity contribution in [3.8, 4) is 27.9 Å². The third kappa shape index (κ3) is 5.54. The maximum Gasteiger partial charge on any atom is 0.0656 e. The van der Waals surface area contributed by atoms with E-state index in [4.69, 9.17) is 4.99 Å². The predicted octanol–water partition coefficient (Wildman–Crippen LogP) is 10.8. The number of hydrogen-bond acceptors (Lipinski definition) is 5. The van der Waals surface area contributed by atoms with E-state index in [1.54, 1.807) is 0 Å². The quantitative estimate of drug-likeness (QED) is 0.171. The summed E-state index contributed by atoms with van der Waals surface area (Å²) in [6.45, 7) is 3.17. The van der Waals surface area contributed by atoms with Crippen molar-refractivity contribution in [3.63, 3.8) is 0 Å². The van der Waals surface area contributed by atoms with Gasteiger partial charge in [0.2, 0.25) is 0 Å². The van der Waals surface area contributed by atoms with Gasteiger partial charge in [0.1, 0.15) is 0 Å². The highest BCUT2D eigenvalue weighted by atomic mass is 15.2. The Morgan fingerprint density at radius 3 is 2.21 bits per heavy atom. The molecule has 0 N–H and O–H groups in total. The smallest absolute Gasteiger partial charge is 0.0656 e. The number of allylic oxidation sites excluding steroid dienone is 3. The van der Waals surface area contributed by atoms with Crippen molar-refractivity contribution in [2.75, 3.05) is 11.4 Å². The molecule has 7 aromatic rings. The fourth-order valence-electron chi connectivity index (χ4n) is 9.63. The highest BCUT2D eigenvalue weighted by Crippen LogP contribution is 2.53. The van der Waals surface area contributed by atoms with E-state index in [2.05, 4.69) is 177 Å². The van der Waals surface area contributed by atoms with Gasteiger partial charge in [0.05, 0.1) is 6.04 Å². The van der Waals surface area contributed by atoms with Crippen LogP contribution in [0, 0.1) is 0 Å². The molecule has 6 nitrogen and oxygen atoms in total. The van der Waals surface area contributed by atoms with Crippen LogP contribution in [0.2, 0.25) is 0 Å². The van der Waals surface area contributed by atoms with Crippen molar-refractivity contribution in [1.82, 2.24) is 19.5 Å². The molecule has 3 aromatic carbocycles. The average molecular weight is 737 g/mol. The number of fused-ring (bicyclic) bond motifs is 6. The Morgan fingerprint density at radius 2 is 1.39 bits per heavy atom. The van der Waals surface area contributed by atoms with Crippen LogP contribution in [-0.4, -0.2) is 38.3 Å². The van der Waals surface area contributed by atoms with Gasteiger partial charge >= 0.3 is 0 Å². The van der Waals surface area contributed by atoms with E-state index in [0.29, 0.717) is 0 Å². The molecule has 0 amide bonds. The number of nitrogens with zero attached hydrogens (tertiary/aromatic N) is 6. The summed E-state index contributed by atoms with van der Waals surface area (Å²) in [7, 11) is 0. The Morgan fingerprint density at radius 1 is 0.667 bits per heavy atom. The van der Waals surface area contributed by atoms with Crippen LogP contribution in [0.25, 0.3) is 39.6 Å². The summed E-state index contributed by atoms with van der Waals surface area (Å²) >= 11 is 0. The van der Waals surface area contributed by atoms with Crippen LogP contribution in [0.1, 0.15) is 52.0 Å². The van der Waals surface area contributed by atoms with Crippen LogP contribution in [0.15, 0.2) is 170 Å². The molecule has 3 atom stereocenters. The normalized spacial score (nSPS) is 20.1. The molecule has 57 heavy (non-hydrogen) atoms. The van der Waals surface area contributed by atoms with E-state index >= 15 is 0 Å². The largest absolute Gasteiger partial charge is 0.333 e. The van der Waals surface area contributed by atoms with Crippen LogP contribution in [0.5, 0.6) is 0 Å². The molecule has 6 heteroatoms. The van der Waals surface area contributed by atoms with Crippen molar-refractivity contribution < 1.29 is 0 Å². The molecule has 4 aromatic heterocycles.